The van der Waals surface area contributed by atoms with E-state index in [4.69, 9.17) is 11.6 Å². The lowest BCUT2D eigenvalue weighted by Crippen LogP contribution is -2.14. The average molecular weight is 327 g/mol. The fraction of sp³-hybridized carbons (Fsp3) is 0.0833. The maximum absolute atomic E-state index is 12.0. The fourth-order valence-electron chi connectivity index (χ4n) is 1.38. The summed E-state index contributed by atoms with van der Waals surface area (Å²) in [7, 11) is 0. The van der Waals surface area contributed by atoms with Crippen molar-refractivity contribution in [2.75, 3.05) is 5.32 Å². The maximum Gasteiger partial charge on any atom is 0.258 e. The summed E-state index contributed by atoms with van der Waals surface area (Å²) in [5.74, 6) is 0.111. The van der Waals surface area contributed by atoms with Gasteiger partial charge in [0.25, 0.3) is 5.91 Å². The van der Waals surface area contributed by atoms with E-state index in [0.29, 0.717) is 11.4 Å². The second-order valence-electron chi connectivity index (χ2n) is 3.68. The SMILES string of the molecule is Cc1ccc(Br)c(C(=O)Nc2ccc(Cl)nn2)c1. The van der Waals surface area contributed by atoms with Crippen molar-refractivity contribution in [3.63, 3.8) is 0 Å². The monoisotopic (exact) mass is 325 g/mol. The number of carbonyl (C=O) groups is 1. The Morgan fingerprint density at radius 1 is 1.28 bits per heavy atom. The van der Waals surface area contributed by atoms with Crippen LogP contribution in [-0.4, -0.2) is 16.1 Å². The predicted molar refractivity (Wildman–Crippen MR) is 73.9 cm³/mol. The van der Waals surface area contributed by atoms with Crippen molar-refractivity contribution in [3.8, 4) is 0 Å². The molecule has 1 N–H and O–H groups in total. The van der Waals surface area contributed by atoms with E-state index < -0.39 is 0 Å². The number of hydrogen-bond acceptors (Lipinski definition) is 3. The zero-order valence-corrected chi connectivity index (χ0v) is 11.8. The minimum absolute atomic E-state index is 0.248. The third-order valence-electron chi connectivity index (χ3n) is 2.24. The first-order chi connectivity index (χ1) is 8.56. The molecule has 92 valence electrons. The highest BCUT2D eigenvalue weighted by Crippen LogP contribution is 2.19. The van der Waals surface area contributed by atoms with Gasteiger partial charge in [-0.25, -0.2) is 0 Å². The summed E-state index contributed by atoms with van der Waals surface area (Å²) in [6.07, 6.45) is 0. The van der Waals surface area contributed by atoms with Gasteiger partial charge in [-0.1, -0.05) is 23.2 Å². The van der Waals surface area contributed by atoms with Gasteiger partial charge in [-0.15, -0.1) is 10.2 Å². The molecule has 0 aliphatic carbocycles. The molecule has 1 aromatic heterocycles. The van der Waals surface area contributed by atoms with Crippen LogP contribution in [0.5, 0.6) is 0 Å². The van der Waals surface area contributed by atoms with Gasteiger partial charge in [0.15, 0.2) is 11.0 Å². The second-order valence-corrected chi connectivity index (χ2v) is 4.92. The molecular formula is C12H9BrClN3O. The molecule has 2 rings (SSSR count). The Hall–Kier alpha value is -1.46. The summed E-state index contributed by atoms with van der Waals surface area (Å²) in [5.41, 5.74) is 1.55. The van der Waals surface area contributed by atoms with Crippen molar-refractivity contribution in [3.05, 3.63) is 51.1 Å². The zero-order chi connectivity index (χ0) is 13.1. The van der Waals surface area contributed by atoms with Crippen LogP contribution in [0.3, 0.4) is 0 Å². The molecule has 0 aliphatic rings. The van der Waals surface area contributed by atoms with Gasteiger partial charge in [-0.3, -0.25) is 4.79 Å². The Labute approximate surface area is 118 Å². The van der Waals surface area contributed by atoms with Gasteiger partial charge >= 0.3 is 0 Å². The highest BCUT2D eigenvalue weighted by Gasteiger charge is 2.11. The van der Waals surface area contributed by atoms with Crippen LogP contribution in [0.4, 0.5) is 5.82 Å². The Morgan fingerprint density at radius 2 is 2.06 bits per heavy atom. The molecule has 1 heterocycles. The van der Waals surface area contributed by atoms with E-state index in [9.17, 15) is 4.79 Å². The smallest absolute Gasteiger partial charge is 0.258 e. The number of benzene rings is 1. The van der Waals surface area contributed by atoms with Crippen LogP contribution >= 0.6 is 27.5 Å². The summed E-state index contributed by atoms with van der Waals surface area (Å²) in [4.78, 5) is 12.0. The van der Waals surface area contributed by atoms with Gasteiger partial charge < -0.3 is 5.32 Å². The average Bonchev–Trinajstić information content (AvgIpc) is 2.35. The molecule has 18 heavy (non-hydrogen) atoms. The van der Waals surface area contributed by atoms with Gasteiger partial charge in [0.2, 0.25) is 0 Å². The molecule has 1 aromatic carbocycles. The van der Waals surface area contributed by atoms with Crippen LogP contribution in [0.1, 0.15) is 15.9 Å². The van der Waals surface area contributed by atoms with E-state index in [1.54, 1.807) is 18.2 Å². The molecule has 0 fully saturated rings. The molecule has 0 spiro atoms. The van der Waals surface area contributed by atoms with Crippen molar-refractivity contribution in [2.45, 2.75) is 6.92 Å². The fourth-order valence-corrected chi connectivity index (χ4v) is 1.91. The van der Waals surface area contributed by atoms with E-state index in [1.807, 2.05) is 19.1 Å². The highest BCUT2D eigenvalue weighted by atomic mass is 79.9. The molecular weight excluding hydrogens is 318 g/mol. The molecule has 0 radical (unpaired) electrons. The molecule has 0 atom stereocenters. The summed E-state index contributed by atoms with van der Waals surface area (Å²) in [5, 5.41) is 10.4. The first-order valence-electron chi connectivity index (χ1n) is 5.13. The number of nitrogens with one attached hydrogen (secondary N) is 1. The third-order valence-corrected chi connectivity index (χ3v) is 3.13. The third kappa shape index (κ3) is 3.05. The number of nitrogens with zero attached hydrogens (tertiary/aromatic N) is 2. The van der Waals surface area contributed by atoms with Crippen molar-refractivity contribution in [2.24, 2.45) is 0 Å². The quantitative estimate of drug-likeness (QED) is 0.919. The highest BCUT2D eigenvalue weighted by molar-refractivity contribution is 9.10. The molecule has 0 unspecified atom stereocenters. The molecule has 4 nitrogen and oxygen atoms in total. The molecule has 0 saturated heterocycles. The molecule has 0 saturated carbocycles. The van der Waals surface area contributed by atoms with Crippen LogP contribution < -0.4 is 5.32 Å². The Bertz CT molecular complexity index is 586. The number of hydrogen-bond donors (Lipinski definition) is 1. The van der Waals surface area contributed by atoms with E-state index in [-0.39, 0.29) is 11.1 Å². The number of amides is 1. The first kappa shape index (κ1) is 13.0. The number of halogens is 2. The van der Waals surface area contributed by atoms with Gasteiger partial charge in [-0.05, 0) is 47.1 Å². The summed E-state index contributed by atoms with van der Waals surface area (Å²) >= 11 is 8.96. The molecule has 0 bridgehead atoms. The zero-order valence-electron chi connectivity index (χ0n) is 9.45. The molecule has 2 aromatic rings. The Morgan fingerprint density at radius 3 is 2.72 bits per heavy atom. The van der Waals surface area contributed by atoms with Gasteiger partial charge in [0.1, 0.15) is 0 Å². The van der Waals surface area contributed by atoms with Crippen molar-refractivity contribution < 1.29 is 4.79 Å². The largest absolute Gasteiger partial charge is 0.305 e. The minimum Gasteiger partial charge on any atom is -0.305 e. The topological polar surface area (TPSA) is 54.9 Å². The van der Waals surface area contributed by atoms with E-state index in [2.05, 4.69) is 31.4 Å². The van der Waals surface area contributed by atoms with Crippen molar-refractivity contribution in [1.29, 1.82) is 0 Å². The van der Waals surface area contributed by atoms with Crippen LogP contribution in [0.25, 0.3) is 0 Å². The molecule has 0 aliphatic heterocycles. The van der Waals surface area contributed by atoms with Crippen LogP contribution in [0.15, 0.2) is 34.8 Å². The summed E-state index contributed by atoms with van der Waals surface area (Å²) in [6, 6.07) is 8.70. The van der Waals surface area contributed by atoms with Crippen molar-refractivity contribution >= 4 is 39.3 Å². The number of aromatic nitrogens is 2. The summed E-state index contributed by atoms with van der Waals surface area (Å²) < 4.78 is 0.729. The number of rotatable bonds is 2. The lowest BCUT2D eigenvalue weighted by molar-refractivity contribution is 0.102. The standard InChI is InChI=1S/C12H9BrClN3O/c1-7-2-3-9(13)8(6-7)12(18)15-11-5-4-10(14)16-17-11/h2-6H,1H3,(H,15,17,18). The number of anilines is 1. The Kier molecular flexibility index (Phi) is 3.93. The van der Waals surface area contributed by atoms with Gasteiger partial charge in [0.05, 0.1) is 5.56 Å². The number of aryl methyl sites for hydroxylation is 1. The van der Waals surface area contributed by atoms with Crippen LogP contribution in [-0.2, 0) is 0 Å². The minimum atomic E-state index is -0.248. The van der Waals surface area contributed by atoms with E-state index in [1.165, 1.54) is 0 Å². The van der Waals surface area contributed by atoms with E-state index in [0.717, 1.165) is 10.0 Å². The maximum atomic E-state index is 12.0. The van der Waals surface area contributed by atoms with Crippen molar-refractivity contribution in [1.82, 2.24) is 10.2 Å². The van der Waals surface area contributed by atoms with E-state index >= 15 is 0 Å². The number of carbonyl (C=O) groups excluding carboxylic acids is 1. The van der Waals surface area contributed by atoms with Gasteiger partial charge in [0, 0.05) is 4.47 Å². The first-order valence-corrected chi connectivity index (χ1v) is 6.30. The van der Waals surface area contributed by atoms with Crippen LogP contribution in [0, 0.1) is 6.92 Å². The predicted octanol–water partition coefficient (Wildman–Crippen LogP) is 3.45. The normalized spacial score (nSPS) is 10.2. The molecule has 6 heteroatoms. The summed E-state index contributed by atoms with van der Waals surface area (Å²) in [6.45, 7) is 1.92. The van der Waals surface area contributed by atoms with Crippen LogP contribution in [0.2, 0.25) is 5.15 Å². The lowest BCUT2D eigenvalue weighted by Gasteiger charge is -2.06. The lowest BCUT2D eigenvalue weighted by atomic mass is 10.1. The Balaban J connectivity index is 2.21. The van der Waals surface area contributed by atoms with Gasteiger partial charge in [-0.2, -0.15) is 0 Å². The second kappa shape index (κ2) is 5.46. The molecule has 1 amide bonds.